The lowest BCUT2D eigenvalue weighted by Crippen LogP contribution is -2.40. The molecular formula is C17H26N2O3. The van der Waals surface area contributed by atoms with Crippen LogP contribution in [0, 0.1) is 0 Å². The summed E-state index contributed by atoms with van der Waals surface area (Å²) in [7, 11) is 3.71. The maximum atomic E-state index is 12.0. The second-order valence-corrected chi connectivity index (χ2v) is 5.68. The van der Waals surface area contributed by atoms with Gasteiger partial charge >= 0.3 is 0 Å². The minimum absolute atomic E-state index is 0.0994. The lowest BCUT2D eigenvalue weighted by molar-refractivity contribution is -0.122. The Bertz CT molecular complexity index is 479. The van der Waals surface area contributed by atoms with Gasteiger partial charge in [-0.1, -0.05) is 18.6 Å². The van der Waals surface area contributed by atoms with E-state index in [4.69, 9.17) is 9.47 Å². The number of likely N-dealkylation sites (tertiary alicyclic amines) is 1. The van der Waals surface area contributed by atoms with Gasteiger partial charge in [-0.15, -0.1) is 0 Å². The van der Waals surface area contributed by atoms with Crippen LogP contribution in [0.15, 0.2) is 24.3 Å². The summed E-state index contributed by atoms with van der Waals surface area (Å²) >= 11 is 0. The van der Waals surface area contributed by atoms with Gasteiger partial charge in [0.1, 0.15) is 6.61 Å². The van der Waals surface area contributed by atoms with Crippen molar-refractivity contribution in [3.8, 4) is 11.5 Å². The summed E-state index contributed by atoms with van der Waals surface area (Å²) in [5, 5.41) is 2.93. The lowest BCUT2D eigenvalue weighted by Gasteiger charge is -2.31. The van der Waals surface area contributed by atoms with Gasteiger partial charge in [-0.05, 0) is 38.6 Å². The van der Waals surface area contributed by atoms with Crippen LogP contribution in [0.5, 0.6) is 11.5 Å². The number of carbonyl (C=O) groups is 1. The number of nitrogens with one attached hydrogen (secondary N) is 1. The van der Waals surface area contributed by atoms with E-state index < -0.39 is 0 Å². The van der Waals surface area contributed by atoms with E-state index in [2.05, 4.69) is 17.3 Å². The van der Waals surface area contributed by atoms with E-state index in [1.54, 1.807) is 7.11 Å². The van der Waals surface area contributed by atoms with Crippen LogP contribution in [0.1, 0.15) is 25.7 Å². The zero-order valence-electron chi connectivity index (χ0n) is 13.5. The molecule has 0 bridgehead atoms. The van der Waals surface area contributed by atoms with Crippen LogP contribution in [-0.4, -0.2) is 50.7 Å². The van der Waals surface area contributed by atoms with Crippen LogP contribution in [-0.2, 0) is 4.79 Å². The van der Waals surface area contributed by atoms with E-state index in [9.17, 15) is 4.79 Å². The highest BCUT2D eigenvalue weighted by atomic mass is 16.5. The van der Waals surface area contributed by atoms with Gasteiger partial charge in [-0.2, -0.15) is 0 Å². The van der Waals surface area contributed by atoms with Crippen molar-refractivity contribution < 1.29 is 14.3 Å². The third-order valence-corrected chi connectivity index (χ3v) is 4.09. The Labute approximate surface area is 132 Å². The predicted molar refractivity (Wildman–Crippen MR) is 86.4 cm³/mol. The van der Waals surface area contributed by atoms with Gasteiger partial charge in [0, 0.05) is 12.5 Å². The van der Waals surface area contributed by atoms with E-state index in [-0.39, 0.29) is 5.91 Å². The Morgan fingerprint density at radius 3 is 2.82 bits per heavy atom. The normalized spacial score (nSPS) is 18.7. The summed E-state index contributed by atoms with van der Waals surface area (Å²) in [6, 6.07) is 7.89. The van der Waals surface area contributed by atoms with E-state index in [0.29, 0.717) is 37.1 Å². The average Bonchev–Trinajstić information content (AvgIpc) is 2.54. The summed E-state index contributed by atoms with van der Waals surface area (Å²) in [5.41, 5.74) is 0. The molecule has 122 valence electrons. The summed E-state index contributed by atoms with van der Waals surface area (Å²) in [6.07, 6.45) is 4.15. The second-order valence-electron chi connectivity index (χ2n) is 5.68. The Balaban J connectivity index is 1.66. The molecule has 1 N–H and O–H groups in total. The molecule has 0 saturated carbocycles. The first-order chi connectivity index (χ1) is 10.7. The largest absolute Gasteiger partial charge is 0.493 e. The molecule has 1 aliphatic rings. The monoisotopic (exact) mass is 306 g/mol. The summed E-state index contributed by atoms with van der Waals surface area (Å²) in [5.74, 6) is 1.51. The number of hydrogen-bond acceptors (Lipinski definition) is 4. The number of benzene rings is 1. The van der Waals surface area contributed by atoms with Crippen molar-refractivity contribution in [2.45, 2.75) is 31.7 Å². The highest BCUT2D eigenvalue weighted by molar-refractivity contribution is 5.76. The number of para-hydroxylation sites is 2. The number of amides is 1. The topological polar surface area (TPSA) is 50.8 Å². The molecule has 0 spiro atoms. The Morgan fingerprint density at radius 2 is 2.09 bits per heavy atom. The molecule has 1 heterocycles. The van der Waals surface area contributed by atoms with Crippen LogP contribution in [0.4, 0.5) is 0 Å². The quantitative estimate of drug-likeness (QED) is 0.784. The van der Waals surface area contributed by atoms with E-state index in [1.807, 2.05) is 24.3 Å². The molecule has 0 radical (unpaired) electrons. The zero-order valence-corrected chi connectivity index (χ0v) is 13.5. The van der Waals surface area contributed by atoms with E-state index in [1.165, 1.54) is 12.8 Å². The van der Waals surface area contributed by atoms with Crippen molar-refractivity contribution in [2.24, 2.45) is 0 Å². The van der Waals surface area contributed by atoms with Gasteiger partial charge in [0.15, 0.2) is 11.5 Å². The van der Waals surface area contributed by atoms with Gasteiger partial charge in [-0.25, -0.2) is 0 Å². The second kappa shape index (κ2) is 8.63. The number of hydrogen-bond donors (Lipinski definition) is 1. The van der Waals surface area contributed by atoms with E-state index in [0.717, 1.165) is 13.0 Å². The zero-order chi connectivity index (χ0) is 15.8. The van der Waals surface area contributed by atoms with Gasteiger partial charge in [0.05, 0.1) is 13.7 Å². The molecule has 1 atom stereocenters. The minimum atomic E-state index is 0.0994. The molecule has 5 nitrogen and oxygen atoms in total. The molecular weight excluding hydrogens is 280 g/mol. The number of rotatable bonds is 7. The van der Waals surface area contributed by atoms with Gasteiger partial charge in [0.2, 0.25) is 5.91 Å². The van der Waals surface area contributed by atoms with Crippen molar-refractivity contribution in [1.82, 2.24) is 10.2 Å². The van der Waals surface area contributed by atoms with Crippen LogP contribution >= 0.6 is 0 Å². The first-order valence-corrected chi connectivity index (χ1v) is 7.93. The molecule has 0 aliphatic carbocycles. The molecule has 5 heteroatoms. The highest BCUT2D eigenvalue weighted by Gasteiger charge is 2.21. The lowest BCUT2D eigenvalue weighted by atomic mass is 10.00. The predicted octanol–water partition coefficient (Wildman–Crippen LogP) is 2.06. The van der Waals surface area contributed by atoms with Crippen molar-refractivity contribution in [2.75, 3.05) is 33.9 Å². The van der Waals surface area contributed by atoms with Gasteiger partial charge in [-0.3, -0.25) is 4.79 Å². The number of methoxy groups -OCH3 is 1. The number of carbonyl (C=O) groups excluding carboxylic acids is 1. The van der Waals surface area contributed by atoms with Crippen LogP contribution in [0.3, 0.4) is 0 Å². The van der Waals surface area contributed by atoms with Crippen LogP contribution in [0.2, 0.25) is 0 Å². The maximum Gasteiger partial charge on any atom is 0.221 e. The van der Waals surface area contributed by atoms with Gasteiger partial charge < -0.3 is 19.7 Å². The maximum absolute atomic E-state index is 12.0. The van der Waals surface area contributed by atoms with Crippen LogP contribution < -0.4 is 14.8 Å². The smallest absolute Gasteiger partial charge is 0.221 e. The minimum Gasteiger partial charge on any atom is -0.493 e. The molecule has 1 amide bonds. The van der Waals surface area contributed by atoms with Crippen molar-refractivity contribution in [3.63, 3.8) is 0 Å². The molecule has 1 aliphatic heterocycles. The number of nitrogens with zero attached hydrogens (tertiary/aromatic N) is 1. The SMILES string of the molecule is COc1ccccc1OCCNC(=O)CC1CCCCN1C. The number of piperidine rings is 1. The van der Waals surface area contributed by atoms with Gasteiger partial charge in [0.25, 0.3) is 0 Å². The number of ether oxygens (including phenoxy) is 2. The first-order valence-electron chi connectivity index (χ1n) is 7.93. The summed E-state index contributed by atoms with van der Waals surface area (Å²) in [6.45, 7) is 2.04. The fraction of sp³-hybridized carbons (Fsp3) is 0.588. The fourth-order valence-corrected chi connectivity index (χ4v) is 2.78. The molecule has 1 aromatic carbocycles. The van der Waals surface area contributed by atoms with Crippen molar-refractivity contribution >= 4 is 5.91 Å². The van der Waals surface area contributed by atoms with E-state index >= 15 is 0 Å². The third-order valence-electron chi connectivity index (χ3n) is 4.09. The summed E-state index contributed by atoms with van der Waals surface area (Å²) in [4.78, 5) is 14.3. The van der Waals surface area contributed by atoms with Crippen LogP contribution in [0.25, 0.3) is 0 Å². The molecule has 1 saturated heterocycles. The third kappa shape index (κ3) is 4.91. The molecule has 1 fully saturated rings. The molecule has 2 rings (SSSR count). The Hall–Kier alpha value is -1.75. The molecule has 22 heavy (non-hydrogen) atoms. The fourth-order valence-electron chi connectivity index (χ4n) is 2.78. The Kier molecular flexibility index (Phi) is 6.52. The van der Waals surface area contributed by atoms with Crippen molar-refractivity contribution in [3.05, 3.63) is 24.3 Å². The molecule has 0 aromatic heterocycles. The average molecular weight is 306 g/mol. The van der Waals surface area contributed by atoms with Crippen molar-refractivity contribution in [1.29, 1.82) is 0 Å². The molecule has 1 unspecified atom stereocenters. The first kappa shape index (κ1) is 16.6. The Morgan fingerprint density at radius 1 is 1.32 bits per heavy atom. The standard InChI is InChI=1S/C17H26N2O3/c1-19-11-6-5-7-14(19)13-17(20)18-10-12-22-16-9-4-3-8-15(16)21-2/h3-4,8-9,14H,5-7,10-13H2,1-2H3,(H,18,20). The highest BCUT2D eigenvalue weighted by Crippen LogP contribution is 2.25. The summed E-state index contributed by atoms with van der Waals surface area (Å²) < 4.78 is 10.9. The molecule has 1 aromatic rings.